The Kier molecular flexibility index (Phi) is 3.69. The van der Waals surface area contributed by atoms with E-state index in [1.54, 1.807) is 0 Å². The summed E-state index contributed by atoms with van der Waals surface area (Å²) in [5, 5.41) is 0. The van der Waals surface area contributed by atoms with Crippen molar-refractivity contribution in [3.63, 3.8) is 0 Å². The molecule has 0 radical (unpaired) electrons. The molecule has 0 spiro atoms. The number of benzene rings is 1. The first-order valence-corrected chi connectivity index (χ1v) is 7.28. The fraction of sp³-hybridized carbons (Fsp3) is 0.312. The van der Waals surface area contributed by atoms with Crippen molar-refractivity contribution in [3.05, 3.63) is 53.9 Å². The van der Waals surface area contributed by atoms with Crippen molar-refractivity contribution in [1.82, 2.24) is 4.98 Å². The highest BCUT2D eigenvalue weighted by Gasteiger charge is 2.16. The lowest BCUT2D eigenvalue weighted by Crippen LogP contribution is -2.18. The molecule has 0 saturated heterocycles. The maximum Gasteiger partial charge on any atom is 0.0648 e. The number of pyridine rings is 1. The minimum absolute atomic E-state index is 0.462. The van der Waals surface area contributed by atoms with Gasteiger partial charge >= 0.3 is 0 Å². The summed E-state index contributed by atoms with van der Waals surface area (Å²) in [7, 11) is 0. The summed E-state index contributed by atoms with van der Waals surface area (Å²) in [6.07, 6.45) is 5.48. The van der Waals surface area contributed by atoms with Crippen molar-refractivity contribution in [2.45, 2.75) is 25.1 Å². The third kappa shape index (κ3) is 2.59. The fourth-order valence-corrected chi connectivity index (χ4v) is 2.81. The molecule has 0 unspecified atom stereocenters. The largest absolute Gasteiger partial charge is 0.341 e. The SMILES string of the molecule is ClCc1cc(N2CCCCc3ccccc32)ccn1. The molecule has 1 aliphatic rings. The van der Waals surface area contributed by atoms with Crippen LogP contribution in [0.1, 0.15) is 24.1 Å². The first kappa shape index (κ1) is 12.5. The van der Waals surface area contributed by atoms with Gasteiger partial charge < -0.3 is 4.90 Å². The molecule has 0 N–H and O–H groups in total. The zero-order valence-electron chi connectivity index (χ0n) is 10.8. The van der Waals surface area contributed by atoms with Gasteiger partial charge in [-0.3, -0.25) is 4.98 Å². The Morgan fingerprint density at radius 1 is 1.16 bits per heavy atom. The van der Waals surface area contributed by atoms with Crippen molar-refractivity contribution in [3.8, 4) is 0 Å². The number of aromatic nitrogens is 1. The standard InChI is InChI=1S/C16H17ClN2/c17-12-14-11-15(8-9-18-14)19-10-4-3-6-13-5-1-2-7-16(13)19/h1-2,5,7-9,11H,3-4,6,10,12H2. The molecule has 3 rings (SSSR count). The summed E-state index contributed by atoms with van der Waals surface area (Å²) in [6.45, 7) is 1.06. The molecule has 0 atom stereocenters. The number of nitrogens with zero attached hydrogens (tertiary/aromatic N) is 2. The fourth-order valence-electron chi connectivity index (χ4n) is 2.67. The number of fused-ring (bicyclic) bond motifs is 1. The molecule has 1 aromatic heterocycles. The highest BCUT2D eigenvalue weighted by Crippen LogP contribution is 2.32. The molecule has 0 amide bonds. The molecule has 2 nitrogen and oxygen atoms in total. The third-order valence-corrected chi connectivity index (χ3v) is 3.88. The van der Waals surface area contributed by atoms with Gasteiger partial charge in [0.15, 0.2) is 0 Å². The van der Waals surface area contributed by atoms with Crippen LogP contribution in [0.5, 0.6) is 0 Å². The van der Waals surface area contributed by atoms with Crippen LogP contribution < -0.4 is 4.90 Å². The Labute approximate surface area is 119 Å². The summed E-state index contributed by atoms with van der Waals surface area (Å²) < 4.78 is 0. The van der Waals surface area contributed by atoms with E-state index < -0.39 is 0 Å². The monoisotopic (exact) mass is 272 g/mol. The first-order valence-electron chi connectivity index (χ1n) is 6.75. The molecule has 98 valence electrons. The van der Waals surface area contributed by atoms with E-state index in [-0.39, 0.29) is 0 Å². The quantitative estimate of drug-likeness (QED) is 0.758. The summed E-state index contributed by atoms with van der Waals surface area (Å²) in [5.41, 5.74) is 4.89. The molecule has 0 bridgehead atoms. The van der Waals surface area contributed by atoms with Gasteiger partial charge in [-0.15, -0.1) is 11.6 Å². The second-order valence-electron chi connectivity index (χ2n) is 4.88. The van der Waals surface area contributed by atoms with Crippen LogP contribution in [-0.4, -0.2) is 11.5 Å². The van der Waals surface area contributed by atoms with E-state index >= 15 is 0 Å². The van der Waals surface area contributed by atoms with Gasteiger partial charge in [-0.2, -0.15) is 0 Å². The minimum Gasteiger partial charge on any atom is -0.341 e. The van der Waals surface area contributed by atoms with Gasteiger partial charge in [0, 0.05) is 24.1 Å². The molecule has 0 aliphatic carbocycles. The van der Waals surface area contributed by atoms with Crippen LogP contribution >= 0.6 is 11.6 Å². The van der Waals surface area contributed by atoms with Crippen LogP contribution in [0.4, 0.5) is 11.4 Å². The van der Waals surface area contributed by atoms with Crippen LogP contribution in [0.15, 0.2) is 42.6 Å². The summed E-state index contributed by atoms with van der Waals surface area (Å²) in [4.78, 5) is 6.66. The lowest BCUT2D eigenvalue weighted by atomic mass is 10.1. The second kappa shape index (κ2) is 5.62. The van der Waals surface area contributed by atoms with Crippen LogP contribution in [0, 0.1) is 0 Å². The van der Waals surface area contributed by atoms with Gasteiger partial charge in [0.05, 0.1) is 11.6 Å². The number of alkyl halides is 1. The second-order valence-corrected chi connectivity index (χ2v) is 5.14. The number of halogens is 1. The van der Waals surface area contributed by atoms with E-state index in [2.05, 4.69) is 46.3 Å². The molecule has 1 aromatic carbocycles. The molecular weight excluding hydrogens is 256 g/mol. The lowest BCUT2D eigenvalue weighted by Gasteiger charge is -2.25. The average molecular weight is 273 g/mol. The van der Waals surface area contributed by atoms with Crippen molar-refractivity contribution in [1.29, 1.82) is 0 Å². The number of anilines is 2. The predicted octanol–water partition coefficient (Wildman–Crippen LogP) is 4.29. The number of aryl methyl sites for hydroxylation is 1. The maximum absolute atomic E-state index is 5.89. The highest BCUT2D eigenvalue weighted by atomic mass is 35.5. The molecule has 1 aliphatic heterocycles. The molecule has 3 heteroatoms. The van der Waals surface area contributed by atoms with Gasteiger partial charge in [-0.25, -0.2) is 0 Å². The maximum atomic E-state index is 5.89. The molecular formula is C16H17ClN2. The Hall–Kier alpha value is -1.54. The zero-order valence-corrected chi connectivity index (χ0v) is 11.6. The summed E-state index contributed by atoms with van der Waals surface area (Å²) >= 11 is 5.89. The molecule has 2 aromatic rings. The van der Waals surface area contributed by atoms with E-state index in [1.165, 1.54) is 36.2 Å². The van der Waals surface area contributed by atoms with Crippen molar-refractivity contribution < 1.29 is 0 Å². The molecule has 19 heavy (non-hydrogen) atoms. The number of para-hydroxylation sites is 1. The number of rotatable bonds is 2. The molecule has 2 heterocycles. The van der Waals surface area contributed by atoms with Crippen LogP contribution in [-0.2, 0) is 12.3 Å². The van der Waals surface area contributed by atoms with Crippen LogP contribution in [0.2, 0.25) is 0 Å². The van der Waals surface area contributed by atoms with E-state index in [0.717, 1.165) is 12.2 Å². The van der Waals surface area contributed by atoms with Gasteiger partial charge in [0.1, 0.15) is 0 Å². The topological polar surface area (TPSA) is 16.1 Å². The van der Waals surface area contributed by atoms with E-state index in [1.807, 2.05) is 6.20 Å². The molecule has 0 saturated carbocycles. The zero-order chi connectivity index (χ0) is 13.1. The lowest BCUT2D eigenvalue weighted by molar-refractivity contribution is 0.761. The van der Waals surface area contributed by atoms with Gasteiger partial charge in [0.25, 0.3) is 0 Å². The molecule has 0 fully saturated rings. The Bertz CT molecular complexity index is 568. The number of hydrogen-bond donors (Lipinski definition) is 0. The number of hydrogen-bond acceptors (Lipinski definition) is 2. The van der Waals surface area contributed by atoms with Gasteiger partial charge in [-0.1, -0.05) is 18.2 Å². The summed E-state index contributed by atoms with van der Waals surface area (Å²) in [5.74, 6) is 0.462. The van der Waals surface area contributed by atoms with E-state index in [4.69, 9.17) is 11.6 Å². The van der Waals surface area contributed by atoms with Crippen molar-refractivity contribution in [2.75, 3.05) is 11.4 Å². The predicted molar refractivity (Wildman–Crippen MR) is 80.2 cm³/mol. The highest BCUT2D eigenvalue weighted by molar-refractivity contribution is 6.16. The first-order chi connectivity index (χ1) is 9.38. The van der Waals surface area contributed by atoms with Crippen molar-refractivity contribution in [2.24, 2.45) is 0 Å². The van der Waals surface area contributed by atoms with Crippen molar-refractivity contribution >= 4 is 23.0 Å². The van der Waals surface area contributed by atoms with Gasteiger partial charge in [0.2, 0.25) is 0 Å². The van der Waals surface area contributed by atoms with E-state index in [0.29, 0.717) is 5.88 Å². The Morgan fingerprint density at radius 2 is 2.05 bits per heavy atom. The Balaban J connectivity index is 2.03. The third-order valence-electron chi connectivity index (χ3n) is 3.61. The van der Waals surface area contributed by atoms with Gasteiger partial charge in [-0.05, 0) is 43.0 Å². The van der Waals surface area contributed by atoms with E-state index in [9.17, 15) is 0 Å². The normalized spacial score (nSPS) is 14.9. The smallest absolute Gasteiger partial charge is 0.0648 e. The minimum atomic E-state index is 0.462. The van der Waals surface area contributed by atoms with Crippen LogP contribution in [0.25, 0.3) is 0 Å². The average Bonchev–Trinajstić information content (AvgIpc) is 2.69. The summed E-state index contributed by atoms with van der Waals surface area (Å²) in [6, 6.07) is 12.8. The van der Waals surface area contributed by atoms with Crippen LogP contribution in [0.3, 0.4) is 0 Å². The Morgan fingerprint density at radius 3 is 2.95 bits per heavy atom.